The minimum atomic E-state index is -0.311. The predicted octanol–water partition coefficient (Wildman–Crippen LogP) is 3.93. The first kappa shape index (κ1) is 14.0. The molecule has 0 unspecified atom stereocenters. The SMILES string of the molecule is CCN(Cc1cccs1)c1cccc(F)c1[C@@H](C)N. The summed E-state index contributed by atoms with van der Waals surface area (Å²) in [5.41, 5.74) is 7.41. The van der Waals surface area contributed by atoms with E-state index in [0.29, 0.717) is 5.56 Å². The van der Waals surface area contributed by atoms with Gasteiger partial charge in [-0.2, -0.15) is 0 Å². The van der Waals surface area contributed by atoms with Gasteiger partial charge in [0.15, 0.2) is 0 Å². The van der Waals surface area contributed by atoms with Gasteiger partial charge in [0, 0.05) is 28.7 Å². The van der Waals surface area contributed by atoms with Gasteiger partial charge in [0.25, 0.3) is 0 Å². The van der Waals surface area contributed by atoms with Crippen LogP contribution in [0.1, 0.15) is 30.3 Å². The highest BCUT2D eigenvalue weighted by atomic mass is 32.1. The van der Waals surface area contributed by atoms with Crippen LogP contribution in [0.2, 0.25) is 0 Å². The molecule has 0 radical (unpaired) electrons. The lowest BCUT2D eigenvalue weighted by Crippen LogP contribution is -2.24. The maximum atomic E-state index is 14.0. The van der Waals surface area contributed by atoms with Crippen molar-refractivity contribution in [2.24, 2.45) is 5.73 Å². The fourth-order valence-electron chi connectivity index (χ4n) is 2.21. The van der Waals surface area contributed by atoms with Crippen LogP contribution in [0, 0.1) is 5.82 Å². The van der Waals surface area contributed by atoms with Crippen LogP contribution in [-0.2, 0) is 6.54 Å². The summed E-state index contributed by atoms with van der Waals surface area (Å²) in [7, 11) is 0. The molecule has 2 nitrogen and oxygen atoms in total. The highest BCUT2D eigenvalue weighted by molar-refractivity contribution is 7.09. The van der Waals surface area contributed by atoms with Crippen molar-refractivity contribution < 1.29 is 4.39 Å². The summed E-state index contributed by atoms with van der Waals surface area (Å²) in [6.45, 7) is 5.50. The largest absolute Gasteiger partial charge is 0.366 e. The van der Waals surface area contributed by atoms with E-state index in [1.165, 1.54) is 10.9 Å². The van der Waals surface area contributed by atoms with Crippen LogP contribution < -0.4 is 10.6 Å². The molecule has 19 heavy (non-hydrogen) atoms. The average molecular weight is 278 g/mol. The smallest absolute Gasteiger partial charge is 0.130 e. The zero-order chi connectivity index (χ0) is 13.8. The van der Waals surface area contributed by atoms with E-state index in [1.54, 1.807) is 17.4 Å². The Labute approximate surface area is 117 Å². The van der Waals surface area contributed by atoms with E-state index in [2.05, 4.69) is 23.3 Å². The third kappa shape index (κ3) is 3.14. The third-order valence-electron chi connectivity index (χ3n) is 3.13. The molecule has 0 spiro atoms. The monoisotopic (exact) mass is 278 g/mol. The number of hydrogen-bond acceptors (Lipinski definition) is 3. The average Bonchev–Trinajstić information content (AvgIpc) is 2.88. The second-order valence-corrected chi connectivity index (χ2v) is 5.59. The highest BCUT2D eigenvalue weighted by Gasteiger charge is 2.17. The summed E-state index contributed by atoms with van der Waals surface area (Å²) in [5.74, 6) is -0.225. The quantitative estimate of drug-likeness (QED) is 0.897. The van der Waals surface area contributed by atoms with E-state index >= 15 is 0 Å². The van der Waals surface area contributed by atoms with Crippen LogP contribution in [0.3, 0.4) is 0 Å². The Hall–Kier alpha value is -1.39. The molecule has 1 atom stereocenters. The van der Waals surface area contributed by atoms with E-state index in [-0.39, 0.29) is 11.9 Å². The van der Waals surface area contributed by atoms with Crippen molar-refractivity contribution in [1.82, 2.24) is 0 Å². The number of benzene rings is 1. The van der Waals surface area contributed by atoms with Crippen molar-refractivity contribution in [3.8, 4) is 0 Å². The van der Waals surface area contributed by atoms with Gasteiger partial charge in [-0.1, -0.05) is 12.1 Å². The van der Waals surface area contributed by atoms with Crippen molar-refractivity contribution in [2.75, 3.05) is 11.4 Å². The molecule has 0 aliphatic rings. The van der Waals surface area contributed by atoms with Crippen molar-refractivity contribution in [3.05, 3.63) is 52.0 Å². The zero-order valence-corrected chi connectivity index (χ0v) is 12.1. The van der Waals surface area contributed by atoms with Gasteiger partial charge >= 0.3 is 0 Å². The summed E-state index contributed by atoms with van der Waals surface area (Å²) in [4.78, 5) is 3.43. The van der Waals surface area contributed by atoms with Crippen molar-refractivity contribution >= 4 is 17.0 Å². The zero-order valence-electron chi connectivity index (χ0n) is 11.3. The second kappa shape index (κ2) is 6.17. The summed E-state index contributed by atoms with van der Waals surface area (Å²) in [6, 6.07) is 8.98. The fourth-order valence-corrected chi connectivity index (χ4v) is 2.93. The molecule has 1 heterocycles. The molecule has 1 aromatic heterocycles. The maximum Gasteiger partial charge on any atom is 0.130 e. The maximum absolute atomic E-state index is 14.0. The Bertz CT molecular complexity index is 523. The molecule has 2 rings (SSSR count). The van der Waals surface area contributed by atoms with Crippen LogP contribution in [0.15, 0.2) is 35.7 Å². The molecule has 0 fully saturated rings. The highest BCUT2D eigenvalue weighted by Crippen LogP contribution is 2.29. The molecule has 0 bridgehead atoms. The minimum absolute atomic E-state index is 0.225. The van der Waals surface area contributed by atoms with Gasteiger partial charge in [-0.05, 0) is 37.4 Å². The first-order chi connectivity index (χ1) is 9.13. The number of rotatable bonds is 5. The lowest BCUT2D eigenvalue weighted by molar-refractivity contribution is 0.591. The number of nitrogens with zero attached hydrogens (tertiary/aromatic N) is 1. The molecule has 0 aliphatic heterocycles. The van der Waals surface area contributed by atoms with Crippen molar-refractivity contribution in [3.63, 3.8) is 0 Å². The lowest BCUT2D eigenvalue weighted by Gasteiger charge is -2.26. The molecule has 2 aromatic rings. The molecule has 2 N–H and O–H groups in total. The minimum Gasteiger partial charge on any atom is -0.366 e. The number of halogens is 1. The van der Waals surface area contributed by atoms with E-state index < -0.39 is 0 Å². The van der Waals surface area contributed by atoms with Crippen LogP contribution >= 0.6 is 11.3 Å². The normalized spacial score (nSPS) is 12.4. The summed E-state index contributed by atoms with van der Waals surface area (Å²) in [6.07, 6.45) is 0. The Morgan fingerprint density at radius 2 is 2.11 bits per heavy atom. The van der Waals surface area contributed by atoms with E-state index in [4.69, 9.17) is 5.73 Å². The molecular weight excluding hydrogens is 259 g/mol. The Kier molecular flexibility index (Phi) is 4.56. The fraction of sp³-hybridized carbons (Fsp3) is 0.333. The van der Waals surface area contributed by atoms with Crippen molar-refractivity contribution in [2.45, 2.75) is 26.4 Å². The third-order valence-corrected chi connectivity index (χ3v) is 4.00. The Balaban J connectivity index is 2.35. The van der Waals surface area contributed by atoms with Gasteiger partial charge in [0.2, 0.25) is 0 Å². The van der Waals surface area contributed by atoms with Crippen molar-refractivity contribution in [1.29, 1.82) is 0 Å². The van der Waals surface area contributed by atoms with Crippen LogP contribution in [0.4, 0.5) is 10.1 Å². The van der Waals surface area contributed by atoms with Gasteiger partial charge < -0.3 is 10.6 Å². The topological polar surface area (TPSA) is 29.3 Å². The predicted molar refractivity (Wildman–Crippen MR) is 80.0 cm³/mol. The first-order valence-corrected chi connectivity index (χ1v) is 7.32. The number of hydrogen-bond donors (Lipinski definition) is 1. The van der Waals surface area contributed by atoms with Gasteiger partial charge in [0.05, 0.1) is 6.54 Å². The molecule has 1 aromatic carbocycles. The standard InChI is InChI=1S/C15H19FN2S/c1-3-18(10-12-6-5-9-19-12)14-8-4-7-13(16)15(14)11(2)17/h4-9,11H,3,10,17H2,1-2H3/t11-/m1/s1. The Morgan fingerprint density at radius 3 is 2.68 bits per heavy atom. The molecule has 0 amide bonds. The van der Waals surface area contributed by atoms with E-state index in [9.17, 15) is 4.39 Å². The van der Waals surface area contributed by atoms with E-state index in [0.717, 1.165) is 18.8 Å². The van der Waals surface area contributed by atoms with Crippen LogP contribution in [0.5, 0.6) is 0 Å². The summed E-state index contributed by atoms with van der Waals surface area (Å²) >= 11 is 1.71. The lowest BCUT2D eigenvalue weighted by atomic mass is 10.0. The number of anilines is 1. The number of nitrogens with two attached hydrogens (primary N) is 1. The molecule has 0 saturated heterocycles. The molecule has 4 heteroatoms. The van der Waals surface area contributed by atoms with Gasteiger partial charge in [-0.3, -0.25) is 0 Å². The summed E-state index contributed by atoms with van der Waals surface area (Å²) < 4.78 is 14.0. The summed E-state index contributed by atoms with van der Waals surface area (Å²) in [5, 5.41) is 2.06. The van der Waals surface area contributed by atoms with Crippen LogP contribution in [0.25, 0.3) is 0 Å². The van der Waals surface area contributed by atoms with Gasteiger partial charge in [-0.25, -0.2) is 4.39 Å². The second-order valence-electron chi connectivity index (χ2n) is 4.55. The number of thiophene rings is 1. The Morgan fingerprint density at radius 1 is 1.32 bits per heavy atom. The van der Waals surface area contributed by atoms with Crippen LogP contribution in [-0.4, -0.2) is 6.54 Å². The molecule has 0 saturated carbocycles. The van der Waals surface area contributed by atoms with Gasteiger partial charge in [0.1, 0.15) is 5.82 Å². The first-order valence-electron chi connectivity index (χ1n) is 6.44. The molecule has 102 valence electrons. The van der Waals surface area contributed by atoms with E-state index in [1.807, 2.05) is 19.1 Å². The molecule has 0 aliphatic carbocycles. The molecular formula is C15H19FN2S. The van der Waals surface area contributed by atoms with Gasteiger partial charge in [-0.15, -0.1) is 11.3 Å².